The molecule has 1 aliphatic rings. The standard InChI is InChI=1S/C16H19N3O3S2/c1-11-17-14(10-23-11)12-5-7-13(8-6-12)18-16(20)15-4-3-9-19(15)24(2,21)22/h5-8,10,15H,3-4,9H2,1-2H3,(H,18,20). The summed E-state index contributed by atoms with van der Waals surface area (Å²) in [5, 5.41) is 5.80. The number of aryl methyl sites for hydroxylation is 1. The molecule has 0 aliphatic carbocycles. The first kappa shape index (κ1) is 17.1. The van der Waals surface area contributed by atoms with Crippen molar-refractivity contribution in [3.63, 3.8) is 0 Å². The molecule has 0 radical (unpaired) electrons. The molecule has 3 rings (SSSR count). The fourth-order valence-corrected chi connectivity index (χ4v) is 4.59. The second-order valence-electron chi connectivity index (χ2n) is 5.85. The van der Waals surface area contributed by atoms with Crippen molar-refractivity contribution in [3.05, 3.63) is 34.7 Å². The first-order chi connectivity index (χ1) is 11.3. The van der Waals surface area contributed by atoms with E-state index >= 15 is 0 Å². The molecule has 8 heteroatoms. The van der Waals surface area contributed by atoms with E-state index in [4.69, 9.17) is 0 Å². The fourth-order valence-electron chi connectivity index (χ4n) is 2.85. The molecule has 24 heavy (non-hydrogen) atoms. The van der Waals surface area contributed by atoms with Gasteiger partial charge >= 0.3 is 0 Å². The Kier molecular flexibility index (Phi) is 4.71. The minimum absolute atomic E-state index is 0.282. The largest absolute Gasteiger partial charge is 0.325 e. The molecule has 6 nitrogen and oxygen atoms in total. The molecule has 1 N–H and O–H groups in total. The quantitative estimate of drug-likeness (QED) is 0.903. The molecule has 1 fully saturated rings. The lowest BCUT2D eigenvalue weighted by molar-refractivity contribution is -0.119. The SMILES string of the molecule is Cc1nc(-c2ccc(NC(=O)C3CCCN3S(C)(=O)=O)cc2)cs1. The number of carbonyl (C=O) groups excluding carboxylic acids is 1. The van der Waals surface area contributed by atoms with Gasteiger partial charge in [0, 0.05) is 23.2 Å². The summed E-state index contributed by atoms with van der Waals surface area (Å²) < 4.78 is 24.8. The predicted molar refractivity (Wildman–Crippen MR) is 95.5 cm³/mol. The Bertz CT molecular complexity index is 844. The Balaban J connectivity index is 1.71. The van der Waals surface area contributed by atoms with E-state index in [1.807, 2.05) is 36.6 Å². The van der Waals surface area contributed by atoms with Gasteiger partial charge in [-0.05, 0) is 31.9 Å². The number of amides is 1. The van der Waals surface area contributed by atoms with Crippen LogP contribution in [-0.4, -0.2) is 42.5 Å². The normalized spacial score (nSPS) is 18.7. The van der Waals surface area contributed by atoms with Crippen molar-refractivity contribution in [3.8, 4) is 11.3 Å². The third-order valence-electron chi connectivity index (χ3n) is 4.00. The molecule has 1 aromatic heterocycles. The van der Waals surface area contributed by atoms with E-state index < -0.39 is 16.1 Å². The maximum atomic E-state index is 12.4. The lowest BCUT2D eigenvalue weighted by atomic mass is 10.1. The zero-order valence-electron chi connectivity index (χ0n) is 13.5. The fraction of sp³-hybridized carbons (Fsp3) is 0.375. The summed E-state index contributed by atoms with van der Waals surface area (Å²) in [6.45, 7) is 2.36. The Hall–Kier alpha value is -1.77. The van der Waals surface area contributed by atoms with Crippen LogP contribution in [0.5, 0.6) is 0 Å². The number of rotatable bonds is 4. The number of carbonyl (C=O) groups is 1. The first-order valence-electron chi connectivity index (χ1n) is 7.65. The van der Waals surface area contributed by atoms with Crippen LogP contribution >= 0.6 is 11.3 Å². The highest BCUT2D eigenvalue weighted by Gasteiger charge is 2.36. The number of sulfonamides is 1. The summed E-state index contributed by atoms with van der Waals surface area (Å²) in [4.78, 5) is 16.8. The van der Waals surface area contributed by atoms with Gasteiger partial charge in [0.05, 0.1) is 17.0 Å². The van der Waals surface area contributed by atoms with Gasteiger partial charge in [0.25, 0.3) is 0 Å². The maximum absolute atomic E-state index is 12.4. The van der Waals surface area contributed by atoms with Crippen LogP contribution in [0.2, 0.25) is 0 Å². The van der Waals surface area contributed by atoms with E-state index in [-0.39, 0.29) is 5.91 Å². The van der Waals surface area contributed by atoms with Crippen LogP contribution in [0.4, 0.5) is 5.69 Å². The molecule has 0 saturated carbocycles. The predicted octanol–water partition coefficient (Wildman–Crippen LogP) is 2.48. The summed E-state index contributed by atoms with van der Waals surface area (Å²) in [6, 6.07) is 6.78. The molecule has 0 spiro atoms. The van der Waals surface area contributed by atoms with Crippen molar-refractivity contribution in [2.75, 3.05) is 18.1 Å². The molecule has 128 valence electrons. The number of anilines is 1. The van der Waals surface area contributed by atoms with E-state index in [2.05, 4.69) is 10.3 Å². The van der Waals surface area contributed by atoms with E-state index in [1.165, 1.54) is 4.31 Å². The van der Waals surface area contributed by atoms with Gasteiger partial charge in [-0.15, -0.1) is 11.3 Å². The topological polar surface area (TPSA) is 79.4 Å². The average molecular weight is 365 g/mol. The van der Waals surface area contributed by atoms with E-state index in [1.54, 1.807) is 11.3 Å². The van der Waals surface area contributed by atoms with Crippen LogP contribution in [0, 0.1) is 6.92 Å². The number of aromatic nitrogens is 1. The van der Waals surface area contributed by atoms with Crippen LogP contribution in [0.25, 0.3) is 11.3 Å². The molecule has 1 saturated heterocycles. The summed E-state index contributed by atoms with van der Waals surface area (Å²) in [5.41, 5.74) is 2.54. The lowest BCUT2D eigenvalue weighted by Gasteiger charge is -2.21. The zero-order valence-corrected chi connectivity index (χ0v) is 15.2. The number of nitrogens with zero attached hydrogens (tertiary/aromatic N) is 2. The summed E-state index contributed by atoms with van der Waals surface area (Å²) in [7, 11) is -3.36. The molecule has 1 aromatic carbocycles. The Labute approximate surface area is 145 Å². The van der Waals surface area contributed by atoms with Gasteiger partial charge in [-0.1, -0.05) is 12.1 Å². The van der Waals surface area contributed by atoms with Crippen molar-refractivity contribution in [1.29, 1.82) is 0 Å². The minimum Gasteiger partial charge on any atom is -0.325 e. The third kappa shape index (κ3) is 3.66. The van der Waals surface area contributed by atoms with Gasteiger partial charge in [0.2, 0.25) is 15.9 Å². The monoisotopic (exact) mass is 365 g/mol. The van der Waals surface area contributed by atoms with Gasteiger partial charge in [-0.3, -0.25) is 4.79 Å². The van der Waals surface area contributed by atoms with Crippen LogP contribution in [0.3, 0.4) is 0 Å². The van der Waals surface area contributed by atoms with Crippen LogP contribution in [0.15, 0.2) is 29.6 Å². The zero-order chi connectivity index (χ0) is 17.3. The van der Waals surface area contributed by atoms with E-state index in [0.717, 1.165) is 22.5 Å². The summed E-state index contributed by atoms with van der Waals surface area (Å²) >= 11 is 1.59. The third-order valence-corrected chi connectivity index (χ3v) is 6.06. The van der Waals surface area contributed by atoms with Crippen LogP contribution in [-0.2, 0) is 14.8 Å². The second kappa shape index (κ2) is 6.62. The maximum Gasteiger partial charge on any atom is 0.242 e. The average Bonchev–Trinajstić information content (AvgIpc) is 3.16. The first-order valence-corrected chi connectivity index (χ1v) is 10.4. The molecule has 1 atom stereocenters. The summed E-state index contributed by atoms with van der Waals surface area (Å²) in [6.07, 6.45) is 2.39. The molecule has 2 heterocycles. The van der Waals surface area contributed by atoms with Gasteiger partial charge in [0.15, 0.2) is 0 Å². The summed E-state index contributed by atoms with van der Waals surface area (Å²) in [5.74, 6) is -0.282. The highest BCUT2D eigenvalue weighted by atomic mass is 32.2. The van der Waals surface area contributed by atoms with Crippen molar-refractivity contribution in [1.82, 2.24) is 9.29 Å². The number of nitrogens with one attached hydrogen (secondary N) is 1. The van der Waals surface area contributed by atoms with Crippen molar-refractivity contribution in [2.24, 2.45) is 0 Å². The van der Waals surface area contributed by atoms with Gasteiger partial charge in [0.1, 0.15) is 6.04 Å². The van der Waals surface area contributed by atoms with Crippen LogP contribution < -0.4 is 5.32 Å². The Morgan fingerprint density at radius 1 is 1.33 bits per heavy atom. The van der Waals surface area contributed by atoms with Crippen molar-refractivity contribution < 1.29 is 13.2 Å². The number of hydrogen-bond acceptors (Lipinski definition) is 5. The smallest absolute Gasteiger partial charge is 0.242 e. The second-order valence-corrected chi connectivity index (χ2v) is 8.85. The molecular weight excluding hydrogens is 346 g/mol. The van der Waals surface area contributed by atoms with Gasteiger partial charge < -0.3 is 5.32 Å². The molecule has 1 amide bonds. The molecular formula is C16H19N3O3S2. The van der Waals surface area contributed by atoms with Crippen molar-refractivity contribution in [2.45, 2.75) is 25.8 Å². The molecule has 1 aliphatic heterocycles. The minimum atomic E-state index is -3.36. The highest BCUT2D eigenvalue weighted by molar-refractivity contribution is 7.88. The van der Waals surface area contributed by atoms with Gasteiger partial charge in [-0.2, -0.15) is 4.31 Å². The molecule has 1 unspecified atom stereocenters. The Morgan fingerprint density at radius 3 is 2.62 bits per heavy atom. The molecule has 2 aromatic rings. The van der Waals surface area contributed by atoms with Crippen LogP contribution in [0.1, 0.15) is 17.8 Å². The Morgan fingerprint density at radius 2 is 2.04 bits per heavy atom. The number of thiazole rings is 1. The lowest BCUT2D eigenvalue weighted by Crippen LogP contribution is -2.42. The highest BCUT2D eigenvalue weighted by Crippen LogP contribution is 2.25. The number of hydrogen-bond donors (Lipinski definition) is 1. The van der Waals surface area contributed by atoms with E-state index in [9.17, 15) is 13.2 Å². The van der Waals surface area contributed by atoms with E-state index in [0.29, 0.717) is 25.1 Å². The number of benzene rings is 1. The molecule has 0 bridgehead atoms. The van der Waals surface area contributed by atoms with Gasteiger partial charge in [-0.25, -0.2) is 13.4 Å². The van der Waals surface area contributed by atoms with Crippen molar-refractivity contribution >= 4 is 33.0 Å².